The zero-order chi connectivity index (χ0) is 11.8. The third kappa shape index (κ3) is 5.08. The largest absolute Gasteiger partial charge is 0.172 e. The summed E-state index contributed by atoms with van der Waals surface area (Å²) in [6, 6.07) is 14.7. The number of benzene rings is 1. The Labute approximate surface area is 123 Å². The topological polar surface area (TPSA) is 0 Å². The van der Waals surface area contributed by atoms with Gasteiger partial charge in [-0.15, -0.1) is 17.2 Å². The molecule has 0 saturated carbocycles. The van der Waals surface area contributed by atoms with E-state index in [1.165, 1.54) is 36.8 Å². The fourth-order valence-electron chi connectivity index (χ4n) is 1.93. The van der Waals surface area contributed by atoms with Gasteiger partial charge in [-0.05, 0) is 25.7 Å². The Balaban J connectivity index is 0.000000172. The van der Waals surface area contributed by atoms with Gasteiger partial charge >= 0.3 is 0 Å². The Hall–Kier alpha value is -1.04. The molecule has 0 aromatic carbocycles. The van der Waals surface area contributed by atoms with E-state index in [1.807, 2.05) is 0 Å². The first-order chi connectivity index (χ1) is 8.47. The van der Waals surface area contributed by atoms with Crippen molar-refractivity contribution in [1.82, 2.24) is 0 Å². The molecule has 3 rings (SSSR count). The van der Waals surface area contributed by atoms with E-state index in [-0.39, 0.29) is 20.1 Å². The molecule has 0 nitrogen and oxygen atoms in total. The summed E-state index contributed by atoms with van der Waals surface area (Å²) < 4.78 is 0. The summed E-state index contributed by atoms with van der Waals surface area (Å²) in [5.41, 5.74) is 2.66. The van der Waals surface area contributed by atoms with Gasteiger partial charge < -0.3 is 0 Å². The molecule has 0 unspecified atom stereocenters. The van der Waals surface area contributed by atoms with Gasteiger partial charge in [-0.1, -0.05) is 36.4 Å². The van der Waals surface area contributed by atoms with Crippen LogP contribution in [0.15, 0.2) is 66.8 Å². The van der Waals surface area contributed by atoms with Crippen molar-refractivity contribution in [2.24, 2.45) is 0 Å². The molecule has 0 fully saturated rings. The monoisotopic (exact) mass is 416 g/mol. The van der Waals surface area contributed by atoms with Crippen LogP contribution in [-0.4, -0.2) is 0 Å². The van der Waals surface area contributed by atoms with E-state index in [2.05, 4.69) is 66.8 Å². The smallest absolute Gasteiger partial charge is 0 e. The zero-order valence-electron chi connectivity index (χ0n) is 10.5. The van der Waals surface area contributed by atoms with Crippen molar-refractivity contribution in [3.05, 3.63) is 66.8 Å². The maximum Gasteiger partial charge on any atom is 0 e. The molecule has 0 bridgehead atoms. The molecule has 0 atom stereocenters. The van der Waals surface area contributed by atoms with E-state index < -0.39 is 0 Å². The molecular weight excluding hydrogens is 396 g/mol. The third-order valence-corrected chi connectivity index (χ3v) is 2.88. The third-order valence-electron chi connectivity index (χ3n) is 2.88. The second-order valence-electron chi connectivity index (χ2n) is 4.25. The van der Waals surface area contributed by atoms with Gasteiger partial charge in [-0.25, -0.2) is 0 Å². The standard InChI is InChI=1S/C9H7.C8H12.Ir/c1-2-5-9-7-3-6-8(9)4-1;1-2-4-6-8-7-5-3-1;/h1-7H;1-2,7-8H,3-6H2;/q-1;;/b;2-1-,8-7-;. The Morgan fingerprint density at radius 3 is 1.83 bits per heavy atom. The van der Waals surface area contributed by atoms with E-state index in [1.54, 1.807) is 0 Å². The molecule has 1 radical (unpaired) electrons. The van der Waals surface area contributed by atoms with Crippen LogP contribution >= 0.6 is 0 Å². The van der Waals surface area contributed by atoms with Crippen molar-refractivity contribution in [3.8, 4) is 11.1 Å². The Bertz CT molecular complexity index is 397. The molecule has 0 aromatic heterocycles. The van der Waals surface area contributed by atoms with Crippen molar-refractivity contribution in [1.29, 1.82) is 0 Å². The molecule has 0 aliphatic heterocycles. The van der Waals surface area contributed by atoms with Crippen LogP contribution < -0.4 is 0 Å². The van der Waals surface area contributed by atoms with Crippen molar-refractivity contribution in [2.75, 3.05) is 0 Å². The van der Waals surface area contributed by atoms with Crippen LogP contribution in [0.2, 0.25) is 0 Å². The maximum absolute atomic E-state index is 2.27. The van der Waals surface area contributed by atoms with Crippen molar-refractivity contribution >= 4 is 0 Å². The van der Waals surface area contributed by atoms with Gasteiger partial charge in [0, 0.05) is 20.1 Å². The van der Waals surface area contributed by atoms with E-state index in [0.29, 0.717) is 0 Å². The quantitative estimate of drug-likeness (QED) is 0.411. The summed E-state index contributed by atoms with van der Waals surface area (Å²) in [4.78, 5) is 0. The Morgan fingerprint density at radius 1 is 0.722 bits per heavy atom. The summed E-state index contributed by atoms with van der Waals surface area (Å²) in [5, 5.41) is 0. The minimum atomic E-state index is 0. The molecule has 3 aliphatic carbocycles. The summed E-state index contributed by atoms with van der Waals surface area (Å²) in [6.07, 6.45) is 14.0. The number of allylic oxidation sites excluding steroid dienone is 4. The normalized spacial score (nSPS) is 17.6. The fraction of sp³-hybridized carbons (Fsp3) is 0.235. The summed E-state index contributed by atoms with van der Waals surface area (Å²) in [7, 11) is 0. The van der Waals surface area contributed by atoms with Crippen molar-refractivity contribution in [3.63, 3.8) is 0 Å². The molecule has 0 saturated heterocycles. The van der Waals surface area contributed by atoms with Crippen LogP contribution in [0, 0.1) is 0 Å². The molecule has 97 valence electrons. The van der Waals surface area contributed by atoms with Crippen LogP contribution in [0.1, 0.15) is 25.7 Å². The Kier molecular flexibility index (Phi) is 7.48. The minimum absolute atomic E-state index is 0. The average molecular weight is 416 g/mol. The van der Waals surface area contributed by atoms with Gasteiger partial charge in [0.2, 0.25) is 0 Å². The molecule has 0 spiro atoms. The van der Waals surface area contributed by atoms with E-state index in [0.717, 1.165) is 0 Å². The van der Waals surface area contributed by atoms with E-state index in [9.17, 15) is 0 Å². The van der Waals surface area contributed by atoms with Crippen LogP contribution in [0.4, 0.5) is 0 Å². The van der Waals surface area contributed by atoms with Crippen molar-refractivity contribution in [2.45, 2.75) is 25.7 Å². The number of hydrogen-bond acceptors (Lipinski definition) is 0. The van der Waals surface area contributed by atoms with Crippen LogP contribution in [-0.2, 0) is 20.1 Å². The zero-order valence-corrected chi connectivity index (χ0v) is 12.9. The van der Waals surface area contributed by atoms with Gasteiger partial charge in [-0.3, -0.25) is 0 Å². The van der Waals surface area contributed by atoms with Crippen LogP contribution in [0.3, 0.4) is 0 Å². The number of hydrogen-bond donors (Lipinski definition) is 0. The summed E-state index contributed by atoms with van der Waals surface area (Å²) in [5.74, 6) is 0. The average Bonchev–Trinajstić information content (AvgIpc) is 2.76. The molecule has 0 aromatic rings. The molecule has 1 heteroatoms. The minimum Gasteiger partial charge on any atom is -0.172 e. The summed E-state index contributed by atoms with van der Waals surface area (Å²) in [6.45, 7) is 0. The van der Waals surface area contributed by atoms with Crippen LogP contribution in [0.5, 0.6) is 0 Å². The second kappa shape index (κ2) is 8.96. The predicted octanol–water partition coefficient (Wildman–Crippen LogP) is 5.18. The van der Waals surface area contributed by atoms with E-state index >= 15 is 0 Å². The molecule has 0 amide bonds. The molecule has 3 aliphatic rings. The predicted molar refractivity (Wildman–Crippen MR) is 75.4 cm³/mol. The van der Waals surface area contributed by atoms with Gasteiger partial charge in [0.25, 0.3) is 0 Å². The van der Waals surface area contributed by atoms with Crippen molar-refractivity contribution < 1.29 is 20.1 Å². The van der Waals surface area contributed by atoms with Gasteiger partial charge in [0.05, 0.1) is 0 Å². The first kappa shape index (κ1) is 15.0. The van der Waals surface area contributed by atoms with Gasteiger partial charge in [0.15, 0.2) is 0 Å². The summed E-state index contributed by atoms with van der Waals surface area (Å²) >= 11 is 0. The first-order valence-electron chi connectivity index (χ1n) is 6.37. The second-order valence-corrected chi connectivity index (χ2v) is 4.25. The molecule has 18 heavy (non-hydrogen) atoms. The molecular formula is C17H19Ir-. The Morgan fingerprint density at radius 2 is 1.28 bits per heavy atom. The van der Waals surface area contributed by atoms with E-state index in [4.69, 9.17) is 0 Å². The first-order valence-corrected chi connectivity index (χ1v) is 6.37. The van der Waals surface area contributed by atoms with Gasteiger partial charge in [-0.2, -0.15) is 24.3 Å². The fourth-order valence-corrected chi connectivity index (χ4v) is 1.93. The SMILES string of the molecule is C1=C\CC/C=C\CC/1.[Ir].c1cc2cc[cH-]cc-2c1. The number of rotatable bonds is 0. The molecule has 0 N–H and O–H groups in total. The number of fused-ring (bicyclic) bond motifs is 1. The molecule has 0 heterocycles. The van der Waals surface area contributed by atoms with Gasteiger partial charge in [0.1, 0.15) is 0 Å². The maximum atomic E-state index is 2.27. The van der Waals surface area contributed by atoms with Crippen LogP contribution in [0.25, 0.3) is 11.1 Å².